The number of nitrogens with one attached hydrogen (secondary N) is 1. The summed E-state index contributed by atoms with van der Waals surface area (Å²) in [6, 6.07) is 7.19. The van der Waals surface area contributed by atoms with E-state index in [0.717, 1.165) is 30.3 Å². The van der Waals surface area contributed by atoms with Crippen molar-refractivity contribution in [1.82, 2.24) is 9.55 Å². The van der Waals surface area contributed by atoms with Crippen LogP contribution in [-0.4, -0.2) is 20.6 Å². The third-order valence-corrected chi connectivity index (χ3v) is 4.26. The van der Waals surface area contributed by atoms with Crippen LogP contribution >= 0.6 is 11.6 Å². The van der Waals surface area contributed by atoms with Crippen LogP contribution in [0.3, 0.4) is 0 Å². The van der Waals surface area contributed by atoms with Crippen LogP contribution in [0, 0.1) is 0 Å². The first-order chi connectivity index (χ1) is 11.5. The van der Waals surface area contributed by atoms with Crippen LogP contribution in [0.15, 0.2) is 41.5 Å². The molecule has 0 spiro atoms. The third kappa shape index (κ3) is 3.05. The second-order valence-corrected chi connectivity index (χ2v) is 6.12. The number of nitrogens with zero attached hydrogens (tertiary/aromatic N) is 2. The molecule has 24 heavy (non-hydrogen) atoms. The largest absolute Gasteiger partial charge is 0.477 e. The smallest absolute Gasteiger partial charge is 0.342 e. The van der Waals surface area contributed by atoms with Gasteiger partial charge in [0.2, 0.25) is 0 Å². The fourth-order valence-electron chi connectivity index (χ4n) is 2.75. The molecule has 1 aromatic heterocycles. The lowest BCUT2D eigenvalue weighted by atomic mass is 10.0. The van der Waals surface area contributed by atoms with Gasteiger partial charge in [-0.2, -0.15) is 0 Å². The number of carbonyl (C=O) groups is 1. The minimum Gasteiger partial charge on any atom is -0.477 e. The Kier molecular flexibility index (Phi) is 4.40. The number of halogens is 1. The van der Waals surface area contributed by atoms with Gasteiger partial charge >= 0.3 is 5.97 Å². The van der Waals surface area contributed by atoms with E-state index in [2.05, 4.69) is 10.3 Å². The van der Waals surface area contributed by atoms with Crippen molar-refractivity contribution in [3.63, 3.8) is 0 Å². The van der Waals surface area contributed by atoms with E-state index in [1.807, 2.05) is 19.1 Å². The molecule has 0 fully saturated rings. The van der Waals surface area contributed by atoms with Crippen molar-refractivity contribution in [3.8, 4) is 0 Å². The topological polar surface area (TPSA) is 84.2 Å². The SMILES string of the molecule is CC1CC/C(=C\Nc2cccc(Cl)c2)c2ncc(C(=O)O)c(=O)n21. The zero-order chi connectivity index (χ0) is 17.3. The molecule has 1 aliphatic rings. The van der Waals surface area contributed by atoms with Gasteiger partial charge in [-0.1, -0.05) is 17.7 Å². The van der Waals surface area contributed by atoms with Gasteiger partial charge < -0.3 is 10.4 Å². The van der Waals surface area contributed by atoms with Crippen LogP contribution in [0.5, 0.6) is 0 Å². The molecule has 0 aliphatic carbocycles. The highest BCUT2D eigenvalue weighted by Crippen LogP contribution is 2.30. The summed E-state index contributed by atoms with van der Waals surface area (Å²) in [6.07, 6.45) is 4.40. The number of carboxylic acids is 1. The first kappa shape index (κ1) is 16.3. The van der Waals surface area contributed by atoms with Crippen molar-refractivity contribution in [2.24, 2.45) is 0 Å². The predicted octanol–water partition coefficient (Wildman–Crippen LogP) is 3.40. The molecule has 0 radical (unpaired) electrons. The van der Waals surface area contributed by atoms with Gasteiger partial charge in [-0.15, -0.1) is 0 Å². The molecule has 0 bridgehead atoms. The summed E-state index contributed by atoms with van der Waals surface area (Å²) in [6.45, 7) is 1.89. The predicted molar refractivity (Wildman–Crippen MR) is 92.5 cm³/mol. The average Bonchev–Trinajstić information content (AvgIpc) is 2.54. The van der Waals surface area contributed by atoms with E-state index < -0.39 is 11.5 Å². The summed E-state index contributed by atoms with van der Waals surface area (Å²) in [5.41, 5.74) is 0.842. The highest BCUT2D eigenvalue weighted by molar-refractivity contribution is 6.30. The zero-order valence-corrected chi connectivity index (χ0v) is 13.7. The number of allylic oxidation sites excluding steroid dienone is 1. The normalized spacial score (nSPS) is 18.2. The Morgan fingerprint density at radius 3 is 3.00 bits per heavy atom. The van der Waals surface area contributed by atoms with Gasteiger partial charge in [0.1, 0.15) is 11.4 Å². The summed E-state index contributed by atoms with van der Waals surface area (Å²) in [5, 5.41) is 12.9. The summed E-state index contributed by atoms with van der Waals surface area (Å²) in [5.74, 6) is -0.763. The Morgan fingerprint density at radius 2 is 2.29 bits per heavy atom. The number of fused-ring (bicyclic) bond motifs is 1. The van der Waals surface area contributed by atoms with E-state index in [0.29, 0.717) is 10.8 Å². The number of anilines is 1. The Bertz CT molecular complexity index is 889. The Hall–Kier alpha value is -2.60. The van der Waals surface area contributed by atoms with Crippen molar-refractivity contribution in [2.45, 2.75) is 25.8 Å². The quantitative estimate of drug-likeness (QED) is 0.890. The molecule has 2 aromatic rings. The number of rotatable bonds is 3. The Balaban J connectivity index is 2.00. The number of aromatic carboxylic acids is 1. The lowest BCUT2D eigenvalue weighted by Crippen LogP contribution is -2.34. The van der Waals surface area contributed by atoms with Gasteiger partial charge in [0.15, 0.2) is 0 Å². The number of benzene rings is 1. The first-order valence-electron chi connectivity index (χ1n) is 7.53. The second-order valence-electron chi connectivity index (χ2n) is 5.69. The molecule has 1 unspecified atom stereocenters. The number of hydrogen-bond donors (Lipinski definition) is 2. The molecule has 2 N–H and O–H groups in total. The van der Waals surface area contributed by atoms with Gasteiger partial charge in [0.25, 0.3) is 5.56 Å². The molecule has 0 saturated carbocycles. The minimum atomic E-state index is -1.26. The van der Waals surface area contributed by atoms with E-state index in [-0.39, 0.29) is 11.6 Å². The van der Waals surface area contributed by atoms with Gasteiger partial charge in [-0.05, 0) is 38.0 Å². The van der Waals surface area contributed by atoms with E-state index in [9.17, 15) is 9.59 Å². The molecule has 3 rings (SSSR count). The molecule has 7 heteroatoms. The molecular weight excluding hydrogens is 330 g/mol. The highest BCUT2D eigenvalue weighted by atomic mass is 35.5. The Labute approximate surface area is 143 Å². The summed E-state index contributed by atoms with van der Waals surface area (Å²) in [4.78, 5) is 27.8. The lowest BCUT2D eigenvalue weighted by molar-refractivity contribution is 0.0693. The number of carboxylic acid groups (broad SMARTS) is 1. The molecule has 1 aliphatic heterocycles. The van der Waals surface area contributed by atoms with E-state index in [1.54, 1.807) is 18.3 Å². The molecule has 2 heterocycles. The molecule has 1 aromatic carbocycles. The molecule has 0 saturated heterocycles. The first-order valence-corrected chi connectivity index (χ1v) is 7.91. The number of hydrogen-bond acceptors (Lipinski definition) is 4. The van der Waals surface area contributed by atoms with Crippen LogP contribution in [0.4, 0.5) is 5.69 Å². The van der Waals surface area contributed by atoms with Gasteiger partial charge in [0, 0.05) is 34.7 Å². The lowest BCUT2D eigenvalue weighted by Gasteiger charge is -2.26. The van der Waals surface area contributed by atoms with Crippen LogP contribution in [0.25, 0.3) is 5.57 Å². The highest BCUT2D eigenvalue weighted by Gasteiger charge is 2.25. The van der Waals surface area contributed by atoms with Gasteiger partial charge in [-0.25, -0.2) is 9.78 Å². The maximum atomic E-state index is 12.4. The van der Waals surface area contributed by atoms with Crippen LogP contribution in [0.2, 0.25) is 5.02 Å². The summed E-state index contributed by atoms with van der Waals surface area (Å²) < 4.78 is 1.46. The van der Waals surface area contributed by atoms with Crippen molar-refractivity contribution in [3.05, 3.63) is 63.4 Å². The van der Waals surface area contributed by atoms with Crippen molar-refractivity contribution >= 4 is 28.8 Å². The third-order valence-electron chi connectivity index (χ3n) is 4.02. The summed E-state index contributed by atoms with van der Waals surface area (Å²) >= 11 is 5.96. The molecular formula is C17H16ClN3O3. The van der Waals surface area contributed by atoms with Crippen molar-refractivity contribution < 1.29 is 9.90 Å². The molecule has 1 atom stereocenters. The van der Waals surface area contributed by atoms with E-state index in [4.69, 9.17) is 16.7 Å². The van der Waals surface area contributed by atoms with Gasteiger partial charge in [0.05, 0.1) is 0 Å². The second kappa shape index (κ2) is 6.49. The van der Waals surface area contributed by atoms with Crippen LogP contribution in [0.1, 0.15) is 42.0 Å². The van der Waals surface area contributed by atoms with E-state index in [1.165, 1.54) is 4.57 Å². The van der Waals surface area contributed by atoms with Crippen LogP contribution < -0.4 is 10.9 Å². The standard InChI is InChI=1S/C17H16ClN3O3/c1-10-5-6-11(8-19-13-4-2-3-12(18)7-13)15-20-9-14(17(23)24)16(22)21(10)15/h2-4,7-10,19H,5-6H2,1H3,(H,23,24)/b11-8+. The van der Waals surface area contributed by atoms with Crippen molar-refractivity contribution in [2.75, 3.05) is 5.32 Å². The maximum absolute atomic E-state index is 12.4. The minimum absolute atomic E-state index is 0.0948. The number of aromatic nitrogens is 2. The molecule has 6 nitrogen and oxygen atoms in total. The van der Waals surface area contributed by atoms with Gasteiger partial charge in [-0.3, -0.25) is 9.36 Å². The van der Waals surface area contributed by atoms with Crippen molar-refractivity contribution in [1.29, 1.82) is 0 Å². The fraction of sp³-hybridized carbons (Fsp3) is 0.235. The molecule has 0 amide bonds. The van der Waals surface area contributed by atoms with Crippen LogP contribution in [-0.2, 0) is 0 Å². The Morgan fingerprint density at radius 1 is 1.50 bits per heavy atom. The monoisotopic (exact) mass is 345 g/mol. The van der Waals surface area contributed by atoms with E-state index >= 15 is 0 Å². The average molecular weight is 346 g/mol. The fourth-order valence-corrected chi connectivity index (χ4v) is 2.94. The zero-order valence-electron chi connectivity index (χ0n) is 13.0. The summed E-state index contributed by atoms with van der Waals surface area (Å²) in [7, 11) is 0. The maximum Gasteiger partial charge on any atom is 0.342 e. The molecule has 124 valence electrons.